The standard InChI is InChI=1S/C13H21N3O3/c1-5-19-8-11(9(2)3)15-13-7-6-12(16(17)18)10(4)14-13/h6-7,9,11H,5,8H2,1-4H3,(H,14,15). The number of pyridine rings is 1. The molecule has 0 aliphatic rings. The molecular formula is C13H21N3O3. The lowest BCUT2D eigenvalue weighted by atomic mass is 10.1. The van der Waals surface area contributed by atoms with E-state index in [0.29, 0.717) is 30.6 Å². The molecule has 1 aromatic heterocycles. The van der Waals surface area contributed by atoms with Crippen LogP contribution in [0, 0.1) is 23.0 Å². The molecule has 0 aromatic carbocycles. The highest BCUT2D eigenvalue weighted by atomic mass is 16.6. The number of ether oxygens (including phenoxy) is 1. The van der Waals surface area contributed by atoms with E-state index in [0.717, 1.165) is 0 Å². The average Bonchev–Trinajstić information content (AvgIpc) is 2.33. The summed E-state index contributed by atoms with van der Waals surface area (Å²) >= 11 is 0. The Morgan fingerprint density at radius 3 is 2.63 bits per heavy atom. The van der Waals surface area contributed by atoms with Gasteiger partial charge >= 0.3 is 0 Å². The summed E-state index contributed by atoms with van der Waals surface area (Å²) in [5, 5.41) is 14.0. The normalized spacial score (nSPS) is 12.5. The molecule has 0 spiro atoms. The molecule has 0 saturated carbocycles. The van der Waals surface area contributed by atoms with Gasteiger partial charge in [0.05, 0.1) is 17.6 Å². The zero-order valence-corrected chi connectivity index (χ0v) is 11.8. The van der Waals surface area contributed by atoms with Gasteiger partial charge in [-0.3, -0.25) is 10.1 Å². The highest BCUT2D eigenvalue weighted by Gasteiger charge is 2.16. The van der Waals surface area contributed by atoms with Gasteiger partial charge in [-0.15, -0.1) is 0 Å². The molecular weight excluding hydrogens is 246 g/mol. The number of anilines is 1. The molecule has 1 rings (SSSR count). The fourth-order valence-electron chi connectivity index (χ4n) is 1.66. The van der Waals surface area contributed by atoms with E-state index in [1.807, 2.05) is 6.92 Å². The van der Waals surface area contributed by atoms with Crippen LogP contribution in [0.4, 0.5) is 11.5 Å². The van der Waals surface area contributed by atoms with E-state index in [2.05, 4.69) is 24.1 Å². The SMILES string of the molecule is CCOCC(Nc1ccc([N+](=O)[O-])c(C)n1)C(C)C. The van der Waals surface area contributed by atoms with Crippen LogP contribution < -0.4 is 5.32 Å². The van der Waals surface area contributed by atoms with Crippen LogP contribution in [0.5, 0.6) is 0 Å². The summed E-state index contributed by atoms with van der Waals surface area (Å²) in [5.74, 6) is 1.02. The average molecular weight is 267 g/mol. The topological polar surface area (TPSA) is 77.3 Å². The molecule has 0 fully saturated rings. The highest BCUT2D eigenvalue weighted by Crippen LogP contribution is 2.19. The molecule has 106 valence electrons. The van der Waals surface area contributed by atoms with E-state index in [-0.39, 0.29) is 11.7 Å². The third-order valence-corrected chi connectivity index (χ3v) is 2.89. The van der Waals surface area contributed by atoms with E-state index in [1.54, 1.807) is 13.0 Å². The summed E-state index contributed by atoms with van der Waals surface area (Å²) in [4.78, 5) is 14.5. The number of nitrogens with zero attached hydrogens (tertiary/aromatic N) is 2. The van der Waals surface area contributed by atoms with Crippen LogP contribution in [0.25, 0.3) is 0 Å². The largest absolute Gasteiger partial charge is 0.380 e. The van der Waals surface area contributed by atoms with Crippen molar-refractivity contribution in [2.45, 2.75) is 33.7 Å². The van der Waals surface area contributed by atoms with Gasteiger partial charge in [0, 0.05) is 12.7 Å². The number of hydrogen-bond acceptors (Lipinski definition) is 5. The highest BCUT2D eigenvalue weighted by molar-refractivity contribution is 5.45. The third-order valence-electron chi connectivity index (χ3n) is 2.89. The smallest absolute Gasteiger partial charge is 0.290 e. The van der Waals surface area contributed by atoms with Crippen LogP contribution in [-0.2, 0) is 4.74 Å². The minimum atomic E-state index is -0.424. The molecule has 1 atom stereocenters. The molecule has 0 aliphatic carbocycles. The second kappa shape index (κ2) is 7.04. The molecule has 1 aromatic rings. The van der Waals surface area contributed by atoms with Crippen LogP contribution in [0.2, 0.25) is 0 Å². The molecule has 0 aliphatic heterocycles. The number of aryl methyl sites for hydroxylation is 1. The lowest BCUT2D eigenvalue weighted by Gasteiger charge is -2.22. The monoisotopic (exact) mass is 267 g/mol. The Balaban J connectivity index is 2.79. The molecule has 0 saturated heterocycles. The second-order valence-corrected chi connectivity index (χ2v) is 4.71. The fraction of sp³-hybridized carbons (Fsp3) is 0.615. The van der Waals surface area contributed by atoms with Crippen LogP contribution >= 0.6 is 0 Å². The van der Waals surface area contributed by atoms with Crippen molar-refractivity contribution in [3.8, 4) is 0 Å². The molecule has 19 heavy (non-hydrogen) atoms. The molecule has 1 heterocycles. The lowest BCUT2D eigenvalue weighted by Crippen LogP contribution is -2.31. The number of nitro groups is 1. The van der Waals surface area contributed by atoms with E-state index in [1.165, 1.54) is 6.07 Å². The zero-order chi connectivity index (χ0) is 14.4. The summed E-state index contributed by atoms with van der Waals surface area (Å²) in [7, 11) is 0. The minimum absolute atomic E-state index is 0.0384. The number of hydrogen-bond donors (Lipinski definition) is 1. The lowest BCUT2D eigenvalue weighted by molar-refractivity contribution is -0.385. The van der Waals surface area contributed by atoms with Crippen molar-refractivity contribution in [2.75, 3.05) is 18.5 Å². The first-order valence-electron chi connectivity index (χ1n) is 6.42. The Hall–Kier alpha value is -1.69. The first-order chi connectivity index (χ1) is 8.95. The Morgan fingerprint density at radius 2 is 2.16 bits per heavy atom. The Morgan fingerprint density at radius 1 is 1.47 bits per heavy atom. The van der Waals surface area contributed by atoms with E-state index in [4.69, 9.17) is 4.74 Å². The quantitative estimate of drug-likeness (QED) is 0.607. The van der Waals surface area contributed by atoms with E-state index >= 15 is 0 Å². The zero-order valence-electron chi connectivity index (χ0n) is 11.8. The number of nitrogens with one attached hydrogen (secondary N) is 1. The summed E-state index contributed by atoms with van der Waals surface area (Å²) in [5.41, 5.74) is 0.449. The van der Waals surface area contributed by atoms with Crippen molar-refractivity contribution in [1.82, 2.24) is 4.98 Å². The van der Waals surface area contributed by atoms with Crippen molar-refractivity contribution >= 4 is 11.5 Å². The maximum Gasteiger partial charge on any atom is 0.290 e. The Bertz CT molecular complexity index is 435. The van der Waals surface area contributed by atoms with Crippen molar-refractivity contribution < 1.29 is 9.66 Å². The van der Waals surface area contributed by atoms with Crippen LogP contribution in [0.3, 0.4) is 0 Å². The predicted molar refractivity (Wildman–Crippen MR) is 74.4 cm³/mol. The molecule has 1 N–H and O–H groups in total. The Labute approximate surface area is 113 Å². The van der Waals surface area contributed by atoms with Gasteiger partial charge in [-0.05, 0) is 25.8 Å². The fourth-order valence-corrected chi connectivity index (χ4v) is 1.66. The van der Waals surface area contributed by atoms with Crippen molar-refractivity contribution in [3.63, 3.8) is 0 Å². The summed E-state index contributed by atoms with van der Waals surface area (Å²) < 4.78 is 5.42. The molecule has 0 amide bonds. The molecule has 1 unspecified atom stereocenters. The summed E-state index contributed by atoms with van der Waals surface area (Å²) in [6.07, 6.45) is 0. The summed E-state index contributed by atoms with van der Waals surface area (Å²) in [6, 6.07) is 3.24. The maximum atomic E-state index is 10.7. The van der Waals surface area contributed by atoms with E-state index in [9.17, 15) is 10.1 Å². The number of aromatic nitrogens is 1. The maximum absolute atomic E-state index is 10.7. The first kappa shape index (κ1) is 15.4. The molecule has 6 heteroatoms. The Kier molecular flexibility index (Phi) is 5.69. The van der Waals surface area contributed by atoms with Crippen molar-refractivity contribution in [2.24, 2.45) is 5.92 Å². The van der Waals surface area contributed by atoms with Crippen LogP contribution in [0.1, 0.15) is 26.5 Å². The third kappa shape index (κ3) is 4.48. The van der Waals surface area contributed by atoms with Crippen molar-refractivity contribution in [1.29, 1.82) is 0 Å². The first-order valence-corrected chi connectivity index (χ1v) is 6.42. The number of rotatable bonds is 7. The van der Waals surface area contributed by atoms with Crippen LogP contribution in [0.15, 0.2) is 12.1 Å². The van der Waals surface area contributed by atoms with Gasteiger partial charge in [-0.1, -0.05) is 13.8 Å². The van der Waals surface area contributed by atoms with Gasteiger partial charge < -0.3 is 10.1 Å². The summed E-state index contributed by atoms with van der Waals surface area (Å²) in [6.45, 7) is 9.02. The molecule has 6 nitrogen and oxygen atoms in total. The van der Waals surface area contributed by atoms with Gasteiger partial charge in [-0.2, -0.15) is 0 Å². The predicted octanol–water partition coefficient (Wildman–Crippen LogP) is 2.77. The van der Waals surface area contributed by atoms with Gasteiger partial charge in [0.2, 0.25) is 0 Å². The molecule has 0 bridgehead atoms. The minimum Gasteiger partial charge on any atom is -0.380 e. The van der Waals surface area contributed by atoms with Gasteiger partial charge in [-0.25, -0.2) is 4.98 Å². The van der Waals surface area contributed by atoms with Gasteiger partial charge in [0.25, 0.3) is 5.69 Å². The van der Waals surface area contributed by atoms with Crippen LogP contribution in [-0.4, -0.2) is 29.2 Å². The van der Waals surface area contributed by atoms with E-state index < -0.39 is 4.92 Å². The second-order valence-electron chi connectivity index (χ2n) is 4.71. The molecule has 0 radical (unpaired) electrons. The van der Waals surface area contributed by atoms with Crippen molar-refractivity contribution in [3.05, 3.63) is 27.9 Å². The van der Waals surface area contributed by atoms with Gasteiger partial charge in [0.15, 0.2) is 0 Å². The van der Waals surface area contributed by atoms with Gasteiger partial charge in [0.1, 0.15) is 11.5 Å².